The van der Waals surface area contributed by atoms with E-state index in [1.165, 1.54) is 12.8 Å². The van der Waals surface area contributed by atoms with Crippen LogP contribution in [0.25, 0.3) is 0 Å². The van der Waals surface area contributed by atoms with Gasteiger partial charge in [0.25, 0.3) is 0 Å². The number of nitrogens with one attached hydrogen (secondary N) is 2. The molecule has 4 heteroatoms. The summed E-state index contributed by atoms with van der Waals surface area (Å²) < 4.78 is 10.6. The summed E-state index contributed by atoms with van der Waals surface area (Å²) in [7, 11) is 1.72. The second kappa shape index (κ2) is 7.17. The van der Waals surface area contributed by atoms with Gasteiger partial charge in [-0.25, -0.2) is 0 Å². The highest BCUT2D eigenvalue weighted by atomic mass is 16.5. The van der Waals surface area contributed by atoms with Gasteiger partial charge in [0.2, 0.25) is 0 Å². The van der Waals surface area contributed by atoms with Gasteiger partial charge in [-0.1, -0.05) is 0 Å². The molecule has 1 saturated heterocycles. The summed E-state index contributed by atoms with van der Waals surface area (Å²) in [6, 6.07) is 0. The number of ether oxygens (including phenoxy) is 2. The van der Waals surface area contributed by atoms with Crippen LogP contribution in [0, 0.1) is 0 Å². The lowest BCUT2D eigenvalue weighted by Crippen LogP contribution is -2.40. The molecule has 4 nitrogen and oxygen atoms in total. The molecule has 1 unspecified atom stereocenters. The summed E-state index contributed by atoms with van der Waals surface area (Å²) >= 11 is 0. The van der Waals surface area contributed by atoms with Gasteiger partial charge >= 0.3 is 0 Å². The van der Waals surface area contributed by atoms with Gasteiger partial charge in [-0.2, -0.15) is 0 Å². The van der Waals surface area contributed by atoms with E-state index in [4.69, 9.17) is 9.47 Å². The fourth-order valence-electron chi connectivity index (χ4n) is 1.81. The molecule has 0 aliphatic carbocycles. The summed E-state index contributed by atoms with van der Waals surface area (Å²) in [5.41, 5.74) is 0.0759. The van der Waals surface area contributed by atoms with Gasteiger partial charge in [-0.05, 0) is 19.8 Å². The van der Waals surface area contributed by atoms with Crippen molar-refractivity contribution in [3.05, 3.63) is 0 Å². The summed E-state index contributed by atoms with van der Waals surface area (Å²) in [5.74, 6) is 0. The molecule has 0 aromatic rings. The van der Waals surface area contributed by atoms with E-state index in [1.54, 1.807) is 7.11 Å². The number of hydrogen-bond donors (Lipinski definition) is 2. The van der Waals surface area contributed by atoms with Crippen molar-refractivity contribution in [3.8, 4) is 0 Å². The maximum atomic E-state index is 5.68. The first kappa shape index (κ1) is 12.9. The predicted octanol–water partition coefficient (Wildman–Crippen LogP) is 0.381. The lowest BCUT2D eigenvalue weighted by atomic mass is 10.0. The van der Waals surface area contributed by atoms with Gasteiger partial charge in [0.1, 0.15) is 0 Å². The van der Waals surface area contributed by atoms with Crippen molar-refractivity contribution < 1.29 is 9.47 Å². The molecule has 1 heterocycles. The Kier molecular flexibility index (Phi) is 6.17. The Morgan fingerprint density at radius 3 is 2.73 bits per heavy atom. The molecule has 0 aromatic heterocycles. The molecule has 1 fully saturated rings. The van der Waals surface area contributed by atoms with Crippen LogP contribution in [0.15, 0.2) is 0 Å². The Morgan fingerprint density at radius 1 is 1.27 bits per heavy atom. The average molecular weight is 216 g/mol. The van der Waals surface area contributed by atoms with E-state index >= 15 is 0 Å². The molecular weight excluding hydrogens is 192 g/mol. The van der Waals surface area contributed by atoms with Crippen molar-refractivity contribution in [2.45, 2.75) is 25.4 Å². The molecule has 2 N–H and O–H groups in total. The van der Waals surface area contributed by atoms with Crippen molar-refractivity contribution in [1.29, 1.82) is 0 Å². The quantitative estimate of drug-likeness (QED) is 0.576. The zero-order chi connectivity index (χ0) is 11.0. The summed E-state index contributed by atoms with van der Waals surface area (Å²) in [5, 5.41) is 6.71. The van der Waals surface area contributed by atoms with Crippen LogP contribution in [0.3, 0.4) is 0 Å². The van der Waals surface area contributed by atoms with Gasteiger partial charge in [0.05, 0.1) is 12.2 Å². The average Bonchev–Trinajstić information content (AvgIpc) is 2.64. The summed E-state index contributed by atoms with van der Waals surface area (Å²) in [6.07, 6.45) is 2.38. The molecule has 0 aromatic carbocycles. The largest absolute Gasteiger partial charge is 0.383 e. The topological polar surface area (TPSA) is 42.5 Å². The Morgan fingerprint density at radius 2 is 2.07 bits per heavy atom. The van der Waals surface area contributed by atoms with E-state index in [1.807, 2.05) is 0 Å². The standard InChI is InChI=1S/C11H24N2O2/c1-11(4-3-8-15-11)10-13-6-5-12-7-9-14-2/h12-13H,3-10H2,1-2H3. The molecule has 0 radical (unpaired) electrons. The maximum Gasteiger partial charge on any atom is 0.0779 e. The first-order chi connectivity index (χ1) is 7.27. The van der Waals surface area contributed by atoms with E-state index in [2.05, 4.69) is 17.6 Å². The third-order valence-electron chi connectivity index (χ3n) is 2.76. The molecule has 0 spiro atoms. The normalized spacial score (nSPS) is 26.0. The lowest BCUT2D eigenvalue weighted by molar-refractivity contribution is 0.0211. The van der Waals surface area contributed by atoms with Crippen molar-refractivity contribution in [2.24, 2.45) is 0 Å². The molecule has 1 rings (SSSR count). The minimum absolute atomic E-state index is 0.0759. The van der Waals surface area contributed by atoms with E-state index in [9.17, 15) is 0 Å². The van der Waals surface area contributed by atoms with Crippen LogP contribution < -0.4 is 10.6 Å². The number of rotatable bonds is 8. The zero-order valence-corrected chi connectivity index (χ0v) is 9.97. The monoisotopic (exact) mass is 216 g/mol. The summed E-state index contributed by atoms with van der Waals surface area (Å²) in [6.45, 7) is 7.74. The molecule has 1 aliphatic rings. The number of methoxy groups -OCH3 is 1. The highest BCUT2D eigenvalue weighted by molar-refractivity contribution is 4.82. The zero-order valence-electron chi connectivity index (χ0n) is 9.97. The minimum Gasteiger partial charge on any atom is -0.383 e. The van der Waals surface area contributed by atoms with Gasteiger partial charge < -0.3 is 20.1 Å². The molecular formula is C11H24N2O2. The Labute approximate surface area is 92.7 Å². The molecule has 1 atom stereocenters. The minimum atomic E-state index is 0.0759. The second-order valence-corrected chi connectivity index (χ2v) is 4.32. The third-order valence-corrected chi connectivity index (χ3v) is 2.76. The first-order valence-electron chi connectivity index (χ1n) is 5.81. The van der Waals surface area contributed by atoms with E-state index in [0.717, 1.165) is 39.4 Å². The van der Waals surface area contributed by atoms with Crippen molar-refractivity contribution in [3.63, 3.8) is 0 Å². The van der Waals surface area contributed by atoms with Crippen molar-refractivity contribution >= 4 is 0 Å². The molecule has 0 bridgehead atoms. The Balaban J connectivity index is 1.88. The second-order valence-electron chi connectivity index (χ2n) is 4.32. The lowest BCUT2D eigenvalue weighted by Gasteiger charge is -2.23. The van der Waals surface area contributed by atoms with Crippen LogP contribution in [-0.4, -0.2) is 52.1 Å². The van der Waals surface area contributed by atoms with E-state index < -0.39 is 0 Å². The van der Waals surface area contributed by atoms with Gasteiger partial charge in [-0.3, -0.25) is 0 Å². The predicted molar refractivity (Wildman–Crippen MR) is 61.2 cm³/mol. The van der Waals surface area contributed by atoms with Crippen LogP contribution >= 0.6 is 0 Å². The van der Waals surface area contributed by atoms with Crippen molar-refractivity contribution in [2.75, 3.05) is 46.5 Å². The van der Waals surface area contributed by atoms with Crippen LogP contribution in [0.5, 0.6) is 0 Å². The molecule has 15 heavy (non-hydrogen) atoms. The van der Waals surface area contributed by atoms with Crippen LogP contribution in [0.2, 0.25) is 0 Å². The SMILES string of the molecule is COCCNCCNCC1(C)CCCO1. The van der Waals surface area contributed by atoms with E-state index in [0.29, 0.717) is 0 Å². The molecule has 0 saturated carbocycles. The maximum absolute atomic E-state index is 5.68. The fourth-order valence-corrected chi connectivity index (χ4v) is 1.81. The third kappa shape index (κ3) is 5.47. The van der Waals surface area contributed by atoms with E-state index in [-0.39, 0.29) is 5.60 Å². The molecule has 90 valence electrons. The number of hydrogen-bond acceptors (Lipinski definition) is 4. The highest BCUT2D eigenvalue weighted by Gasteiger charge is 2.28. The first-order valence-corrected chi connectivity index (χ1v) is 5.81. The van der Waals surface area contributed by atoms with Gasteiger partial charge in [0, 0.05) is 39.9 Å². The Hall–Kier alpha value is -0.160. The van der Waals surface area contributed by atoms with Crippen molar-refractivity contribution in [1.82, 2.24) is 10.6 Å². The summed E-state index contributed by atoms with van der Waals surface area (Å²) in [4.78, 5) is 0. The van der Waals surface area contributed by atoms with Crippen LogP contribution in [0.4, 0.5) is 0 Å². The fraction of sp³-hybridized carbons (Fsp3) is 1.00. The smallest absolute Gasteiger partial charge is 0.0779 e. The van der Waals surface area contributed by atoms with Gasteiger partial charge in [0.15, 0.2) is 0 Å². The van der Waals surface area contributed by atoms with Crippen LogP contribution in [-0.2, 0) is 9.47 Å². The highest BCUT2D eigenvalue weighted by Crippen LogP contribution is 2.23. The van der Waals surface area contributed by atoms with Gasteiger partial charge in [-0.15, -0.1) is 0 Å². The Bertz CT molecular complexity index is 159. The van der Waals surface area contributed by atoms with Crippen LogP contribution in [0.1, 0.15) is 19.8 Å². The molecule has 1 aliphatic heterocycles. The molecule has 0 amide bonds.